The van der Waals surface area contributed by atoms with Crippen LogP contribution in [0.2, 0.25) is 0 Å². The van der Waals surface area contributed by atoms with Crippen molar-refractivity contribution in [3.8, 4) is 0 Å². The highest BCUT2D eigenvalue weighted by Gasteiger charge is 2.27. The van der Waals surface area contributed by atoms with E-state index in [4.69, 9.17) is 0 Å². The number of rotatable bonds is 3. The molecule has 0 aromatic heterocycles. The van der Waals surface area contributed by atoms with Crippen LogP contribution in [0.5, 0.6) is 0 Å². The molecule has 1 fully saturated rings. The SMILES string of the molecule is CC(C)C1=CCC(C2CCCCC2)=C1C(C)C. The first-order valence-electron chi connectivity index (χ1n) is 7.54. The normalized spacial score (nSPS) is 22.8. The maximum Gasteiger partial charge on any atom is -0.0124 e. The summed E-state index contributed by atoms with van der Waals surface area (Å²) in [6.45, 7) is 9.44. The Balaban J connectivity index is 2.24. The lowest BCUT2D eigenvalue weighted by molar-refractivity contribution is 0.396. The van der Waals surface area contributed by atoms with Gasteiger partial charge in [0.25, 0.3) is 0 Å². The molecular formula is C17H28. The summed E-state index contributed by atoms with van der Waals surface area (Å²) >= 11 is 0. The molecule has 1 saturated carbocycles. The highest BCUT2D eigenvalue weighted by molar-refractivity contribution is 5.45. The van der Waals surface area contributed by atoms with Crippen molar-refractivity contribution in [3.05, 3.63) is 22.8 Å². The third-order valence-electron chi connectivity index (χ3n) is 4.50. The Hall–Kier alpha value is -0.520. The quantitative estimate of drug-likeness (QED) is 0.602. The molecule has 17 heavy (non-hydrogen) atoms. The molecule has 0 aliphatic heterocycles. The lowest BCUT2D eigenvalue weighted by Gasteiger charge is -2.27. The fraction of sp³-hybridized carbons (Fsp3) is 0.765. The van der Waals surface area contributed by atoms with Crippen molar-refractivity contribution in [1.29, 1.82) is 0 Å². The highest BCUT2D eigenvalue weighted by Crippen LogP contribution is 2.43. The molecular weight excluding hydrogens is 204 g/mol. The predicted octanol–water partition coefficient (Wildman–Crippen LogP) is 5.51. The van der Waals surface area contributed by atoms with Crippen LogP contribution in [0.3, 0.4) is 0 Å². The second kappa shape index (κ2) is 5.42. The molecule has 0 amide bonds. The Morgan fingerprint density at radius 1 is 0.941 bits per heavy atom. The van der Waals surface area contributed by atoms with E-state index < -0.39 is 0 Å². The van der Waals surface area contributed by atoms with E-state index in [9.17, 15) is 0 Å². The number of allylic oxidation sites excluding steroid dienone is 4. The molecule has 0 aromatic rings. The van der Waals surface area contributed by atoms with Gasteiger partial charge in [-0.25, -0.2) is 0 Å². The summed E-state index contributed by atoms with van der Waals surface area (Å²) in [5.41, 5.74) is 5.19. The topological polar surface area (TPSA) is 0 Å². The van der Waals surface area contributed by atoms with Crippen LogP contribution in [-0.2, 0) is 0 Å². The molecule has 2 aliphatic rings. The maximum atomic E-state index is 2.52. The molecule has 0 radical (unpaired) electrons. The summed E-state index contributed by atoms with van der Waals surface area (Å²) in [5.74, 6) is 2.32. The van der Waals surface area contributed by atoms with Gasteiger partial charge in [-0.1, -0.05) is 58.6 Å². The van der Waals surface area contributed by atoms with Crippen molar-refractivity contribution in [1.82, 2.24) is 0 Å². The van der Waals surface area contributed by atoms with Crippen molar-refractivity contribution in [2.75, 3.05) is 0 Å². The van der Waals surface area contributed by atoms with Crippen LogP contribution < -0.4 is 0 Å². The Morgan fingerprint density at radius 3 is 2.12 bits per heavy atom. The second-order valence-corrected chi connectivity index (χ2v) is 6.45. The third kappa shape index (κ3) is 2.67. The van der Waals surface area contributed by atoms with E-state index in [1.165, 1.54) is 38.5 Å². The lowest BCUT2D eigenvalue weighted by Crippen LogP contribution is -2.12. The van der Waals surface area contributed by atoms with Crippen molar-refractivity contribution in [2.24, 2.45) is 17.8 Å². The third-order valence-corrected chi connectivity index (χ3v) is 4.50. The van der Waals surface area contributed by atoms with Gasteiger partial charge in [-0.3, -0.25) is 0 Å². The molecule has 0 spiro atoms. The van der Waals surface area contributed by atoms with Gasteiger partial charge < -0.3 is 0 Å². The van der Waals surface area contributed by atoms with Crippen molar-refractivity contribution >= 4 is 0 Å². The highest BCUT2D eigenvalue weighted by atomic mass is 14.3. The van der Waals surface area contributed by atoms with Crippen LogP contribution in [0.4, 0.5) is 0 Å². The summed E-state index contributed by atoms with van der Waals surface area (Å²) in [4.78, 5) is 0. The van der Waals surface area contributed by atoms with Crippen LogP contribution in [0.25, 0.3) is 0 Å². The molecule has 0 aromatic carbocycles. The lowest BCUT2D eigenvalue weighted by atomic mass is 9.79. The second-order valence-electron chi connectivity index (χ2n) is 6.45. The molecule has 0 unspecified atom stereocenters. The standard InChI is InChI=1S/C17H28/c1-12(2)15-10-11-16(17(15)13(3)4)14-8-6-5-7-9-14/h10,12-14H,5-9,11H2,1-4H3. The van der Waals surface area contributed by atoms with Crippen molar-refractivity contribution in [2.45, 2.75) is 66.2 Å². The zero-order chi connectivity index (χ0) is 12.4. The maximum absolute atomic E-state index is 2.52. The van der Waals surface area contributed by atoms with Crippen LogP contribution in [-0.4, -0.2) is 0 Å². The minimum absolute atomic E-state index is 0.702. The molecule has 0 atom stereocenters. The minimum Gasteiger partial charge on any atom is -0.0767 e. The van der Waals surface area contributed by atoms with E-state index >= 15 is 0 Å². The van der Waals surface area contributed by atoms with Gasteiger partial charge in [0, 0.05) is 0 Å². The zero-order valence-electron chi connectivity index (χ0n) is 12.1. The zero-order valence-corrected chi connectivity index (χ0v) is 12.1. The summed E-state index contributed by atoms with van der Waals surface area (Å²) in [6, 6.07) is 0. The van der Waals surface area contributed by atoms with Crippen molar-refractivity contribution < 1.29 is 0 Å². The van der Waals surface area contributed by atoms with E-state index in [1.54, 1.807) is 11.1 Å². The molecule has 0 heteroatoms. The molecule has 0 bridgehead atoms. The summed E-state index contributed by atoms with van der Waals surface area (Å²) in [7, 11) is 0. The summed E-state index contributed by atoms with van der Waals surface area (Å²) < 4.78 is 0. The van der Waals surface area contributed by atoms with Gasteiger partial charge in [-0.05, 0) is 48.2 Å². The van der Waals surface area contributed by atoms with Gasteiger partial charge in [-0.2, -0.15) is 0 Å². The number of hydrogen-bond acceptors (Lipinski definition) is 0. The van der Waals surface area contributed by atoms with Gasteiger partial charge in [0.1, 0.15) is 0 Å². The smallest absolute Gasteiger partial charge is 0.0124 e. The van der Waals surface area contributed by atoms with E-state index in [-0.39, 0.29) is 0 Å². The van der Waals surface area contributed by atoms with Gasteiger partial charge in [0.05, 0.1) is 0 Å². The Labute approximate surface area is 107 Å². The average molecular weight is 232 g/mol. The first-order valence-corrected chi connectivity index (χ1v) is 7.54. The van der Waals surface area contributed by atoms with E-state index in [0.29, 0.717) is 11.8 Å². The first-order chi connectivity index (χ1) is 8.11. The Kier molecular flexibility index (Phi) is 4.12. The minimum atomic E-state index is 0.702. The molecule has 2 aliphatic carbocycles. The number of hydrogen-bond donors (Lipinski definition) is 0. The first kappa shape index (κ1) is 12.9. The largest absolute Gasteiger partial charge is 0.0767 e. The van der Waals surface area contributed by atoms with E-state index in [1.807, 2.05) is 5.57 Å². The van der Waals surface area contributed by atoms with Gasteiger partial charge in [0.15, 0.2) is 0 Å². The van der Waals surface area contributed by atoms with E-state index in [2.05, 4.69) is 33.8 Å². The Bertz CT molecular complexity index is 322. The average Bonchev–Trinajstić information content (AvgIpc) is 2.74. The van der Waals surface area contributed by atoms with Crippen LogP contribution >= 0.6 is 0 Å². The Morgan fingerprint density at radius 2 is 1.59 bits per heavy atom. The van der Waals surface area contributed by atoms with Gasteiger partial charge >= 0.3 is 0 Å². The molecule has 0 nitrogen and oxygen atoms in total. The van der Waals surface area contributed by atoms with Crippen molar-refractivity contribution in [3.63, 3.8) is 0 Å². The van der Waals surface area contributed by atoms with Crippen LogP contribution in [0.1, 0.15) is 66.2 Å². The molecule has 0 N–H and O–H groups in total. The molecule has 96 valence electrons. The molecule has 2 rings (SSSR count). The summed E-state index contributed by atoms with van der Waals surface area (Å²) in [6.07, 6.45) is 11.0. The van der Waals surface area contributed by atoms with Crippen LogP contribution in [0, 0.1) is 17.8 Å². The molecule has 0 saturated heterocycles. The van der Waals surface area contributed by atoms with E-state index in [0.717, 1.165) is 5.92 Å². The fourth-order valence-corrected chi connectivity index (χ4v) is 3.71. The van der Waals surface area contributed by atoms with Gasteiger partial charge in [0.2, 0.25) is 0 Å². The van der Waals surface area contributed by atoms with Crippen LogP contribution in [0.15, 0.2) is 22.8 Å². The fourth-order valence-electron chi connectivity index (χ4n) is 3.71. The predicted molar refractivity (Wildman–Crippen MR) is 76.0 cm³/mol. The monoisotopic (exact) mass is 232 g/mol. The molecule has 0 heterocycles. The summed E-state index contributed by atoms with van der Waals surface area (Å²) in [5, 5.41) is 0. The van der Waals surface area contributed by atoms with Gasteiger partial charge in [-0.15, -0.1) is 0 Å².